The fourth-order valence-electron chi connectivity index (χ4n) is 3.72. The molecule has 1 amide bonds. The van der Waals surface area contributed by atoms with Gasteiger partial charge < -0.3 is 10.6 Å². The Kier molecular flexibility index (Phi) is 4.51. The van der Waals surface area contributed by atoms with Crippen LogP contribution in [0.3, 0.4) is 0 Å². The molecule has 21 heavy (non-hydrogen) atoms. The summed E-state index contributed by atoms with van der Waals surface area (Å²) < 4.78 is 0. The summed E-state index contributed by atoms with van der Waals surface area (Å²) in [4.78, 5) is 12.4. The van der Waals surface area contributed by atoms with E-state index in [1.807, 2.05) is 18.2 Å². The van der Waals surface area contributed by atoms with E-state index in [1.54, 1.807) is 0 Å². The summed E-state index contributed by atoms with van der Waals surface area (Å²) in [5.41, 5.74) is 0.945. The summed E-state index contributed by atoms with van der Waals surface area (Å²) in [5, 5.41) is 7.46. The van der Waals surface area contributed by atoms with Crippen LogP contribution in [-0.4, -0.2) is 18.5 Å². The van der Waals surface area contributed by atoms with Gasteiger partial charge in [0.1, 0.15) is 0 Å². The summed E-state index contributed by atoms with van der Waals surface area (Å²) in [7, 11) is 0. The molecule has 2 fully saturated rings. The Hall–Kier alpha value is -1.06. The summed E-state index contributed by atoms with van der Waals surface area (Å²) in [5.74, 6) is 0.163. The Morgan fingerprint density at radius 1 is 1.33 bits per heavy atom. The van der Waals surface area contributed by atoms with Crippen LogP contribution in [0.25, 0.3) is 0 Å². The van der Waals surface area contributed by atoms with Crippen LogP contribution in [0, 0.1) is 0 Å². The lowest BCUT2D eigenvalue weighted by Crippen LogP contribution is -2.45. The highest BCUT2D eigenvalue weighted by Gasteiger charge is 2.37. The molecule has 114 valence electrons. The van der Waals surface area contributed by atoms with Crippen LogP contribution in [0.15, 0.2) is 24.3 Å². The third-order valence-electron chi connectivity index (χ3n) is 4.81. The SMILES string of the molecule is O=C(CC1CCCN1)NC1(c2cccc(Cl)c2)CCCC1. The molecule has 1 saturated carbocycles. The van der Waals surface area contributed by atoms with Crippen molar-refractivity contribution >= 4 is 17.5 Å². The van der Waals surface area contributed by atoms with Crippen LogP contribution < -0.4 is 10.6 Å². The van der Waals surface area contributed by atoms with E-state index in [1.165, 1.54) is 6.42 Å². The third-order valence-corrected chi connectivity index (χ3v) is 5.04. The predicted octanol–water partition coefficient (Wildman–Crippen LogP) is 3.37. The van der Waals surface area contributed by atoms with Gasteiger partial charge in [0.25, 0.3) is 0 Å². The number of rotatable bonds is 4. The lowest BCUT2D eigenvalue weighted by Gasteiger charge is -2.31. The van der Waals surface area contributed by atoms with Crippen molar-refractivity contribution in [3.05, 3.63) is 34.9 Å². The zero-order valence-corrected chi connectivity index (χ0v) is 13.1. The molecule has 1 aromatic rings. The molecule has 4 heteroatoms. The first-order valence-corrected chi connectivity index (χ1v) is 8.36. The maximum Gasteiger partial charge on any atom is 0.222 e. The van der Waals surface area contributed by atoms with E-state index in [4.69, 9.17) is 11.6 Å². The monoisotopic (exact) mass is 306 g/mol. The quantitative estimate of drug-likeness (QED) is 0.895. The molecule has 1 aromatic carbocycles. The average molecular weight is 307 g/mol. The minimum absolute atomic E-state index is 0.163. The van der Waals surface area contributed by atoms with Crippen molar-refractivity contribution in [1.82, 2.24) is 10.6 Å². The maximum atomic E-state index is 12.4. The molecule has 0 spiro atoms. The summed E-state index contributed by atoms with van der Waals surface area (Å²) in [6, 6.07) is 8.30. The highest BCUT2D eigenvalue weighted by atomic mass is 35.5. The van der Waals surface area contributed by atoms with Crippen molar-refractivity contribution in [2.75, 3.05) is 6.54 Å². The standard InChI is InChI=1S/C17H23ClN2O/c18-14-6-3-5-13(11-14)17(8-1-2-9-17)20-16(21)12-15-7-4-10-19-15/h3,5-6,11,15,19H,1-2,4,7-10,12H2,(H,20,21). The molecule has 1 aliphatic carbocycles. The second kappa shape index (κ2) is 6.37. The average Bonchev–Trinajstić information content (AvgIpc) is 3.11. The lowest BCUT2D eigenvalue weighted by atomic mass is 9.88. The van der Waals surface area contributed by atoms with Crippen molar-refractivity contribution in [3.63, 3.8) is 0 Å². The highest BCUT2D eigenvalue weighted by Crippen LogP contribution is 2.39. The number of hydrogen-bond donors (Lipinski definition) is 2. The largest absolute Gasteiger partial charge is 0.347 e. The van der Waals surface area contributed by atoms with Gasteiger partial charge in [-0.05, 0) is 49.9 Å². The zero-order valence-electron chi connectivity index (χ0n) is 12.3. The van der Waals surface area contributed by atoms with Crippen LogP contribution in [-0.2, 0) is 10.3 Å². The molecular weight excluding hydrogens is 284 g/mol. The molecule has 1 aliphatic heterocycles. The first-order chi connectivity index (χ1) is 10.2. The fraction of sp³-hybridized carbons (Fsp3) is 0.588. The topological polar surface area (TPSA) is 41.1 Å². The second-order valence-electron chi connectivity index (χ2n) is 6.35. The van der Waals surface area contributed by atoms with Gasteiger partial charge in [-0.15, -0.1) is 0 Å². The molecule has 0 bridgehead atoms. The molecule has 2 N–H and O–H groups in total. The van der Waals surface area contributed by atoms with Gasteiger partial charge in [0, 0.05) is 17.5 Å². The van der Waals surface area contributed by atoms with Crippen LogP contribution in [0.5, 0.6) is 0 Å². The number of benzene rings is 1. The molecule has 2 aliphatic rings. The molecule has 1 saturated heterocycles. The number of hydrogen-bond acceptors (Lipinski definition) is 2. The molecule has 0 aromatic heterocycles. The lowest BCUT2D eigenvalue weighted by molar-refractivity contribution is -0.123. The van der Waals surface area contributed by atoms with Gasteiger partial charge in [0.05, 0.1) is 5.54 Å². The number of halogens is 1. The van der Waals surface area contributed by atoms with Crippen LogP contribution in [0.4, 0.5) is 0 Å². The second-order valence-corrected chi connectivity index (χ2v) is 6.78. The van der Waals surface area contributed by atoms with Crippen LogP contribution in [0.1, 0.15) is 50.5 Å². The first-order valence-electron chi connectivity index (χ1n) is 7.98. The van der Waals surface area contributed by atoms with E-state index in [0.29, 0.717) is 12.5 Å². The number of carbonyl (C=O) groups is 1. The van der Waals surface area contributed by atoms with Gasteiger partial charge in [-0.1, -0.05) is 36.6 Å². The van der Waals surface area contributed by atoms with Gasteiger partial charge >= 0.3 is 0 Å². The van der Waals surface area contributed by atoms with Gasteiger partial charge in [-0.3, -0.25) is 4.79 Å². The number of amides is 1. The Morgan fingerprint density at radius 3 is 2.81 bits per heavy atom. The maximum absolute atomic E-state index is 12.4. The van der Waals surface area contributed by atoms with E-state index < -0.39 is 0 Å². The van der Waals surface area contributed by atoms with Gasteiger partial charge in [-0.2, -0.15) is 0 Å². The van der Waals surface area contributed by atoms with Crippen molar-refractivity contribution in [1.29, 1.82) is 0 Å². The zero-order chi connectivity index (χ0) is 14.7. The van der Waals surface area contributed by atoms with Crippen molar-refractivity contribution in [2.45, 2.75) is 56.5 Å². The van der Waals surface area contributed by atoms with Crippen molar-refractivity contribution in [2.24, 2.45) is 0 Å². The van der Waals surface area contributed by atoms with E-state index in [0.717, 1.165) is 49.2 Å². The highest BCUT2D eigenvalue weighted by molar-refractivity contribution is 6.30. The number of carbonyl (C=O) groups excluding carboxylic acids is 1. The number of nitrogens with one attached hydrogen (secondary N) is 2. The molecule has 3 nitrogen and oxygen atoms in total. The Balaban J connectivity index is 1.73. The minimum Gasteiger partial charge on any atom is -0.347 e. The summed E-state index contributed by atoms with van der Waals surface area (Å²) >= 11 is 6.14. The molecule has 3 rings (SSSR count). The molecule has 1 heterocycles. The molecule has 1 unspecified atom stereocenters. The summed E-state index contributed by atoms with van der Waals surface area (Å²) in [6.45, 7) is 1.04. The van der Waals surface area contributed by atoms with Crippen molar-refractivity contribution < 1.29 is 4.79 Å². The van der Waals surface area contributed by atoms with E-state index >= 15 is 0 Å². The predicted molar refractivity (Wildman–Crippen MR) is 85.4 cm³/mol. The summed E-state index contributed by atoms with van der Waals surface area (Å²) in [6.07, 6.45) is 7.22. The molecule has 1 atom stereocenters. The molecule has 0 radical (unpaired) electrons. The Morgan fingerprint density at radius 2 is 2.14 bits per heavy atom. The van der Waals surface area contributed by atoms with E-state index in [2.05, 4.69) is 16.7 Å². The Labute approximate surface area is 131 Å². The van der Waals surface area contributed by atoms with Gasteiger partial charge in [0.15, 0.2) is 0 Å². The van der Waals surface area contributed by atoms with E-state index in [-0.39, 0.29) is 11.4 Å². The first kappa shape index (κ1) is 14.9. The van der Waals surface area contributed by atoms with Gasteiger partial charge in [0.2, 0.25) is 5.91 Å². The van der Waals surface area contributed by atoms with Crippen LogP contribution in [0.2, 0.25) is 5.02 Å². The third kappa shape index (κ3) is 3.41. The normalized spacial score (nSPS) is 24.1. The molecular formula is C17H23ClN2O. The van der Waals surface area contributed by atoms with Crippen LogP contribution >= 0.6 is 11.6 Å². The van der Waals surface area contributed by atoms with E-state index in [9.17, 15) is 4.79 Å². The van der Waals surface area contributed by atoms with Crippen molar-refractivity contribution in [3.8, 4) is 0 Å². The Bertz CT molecular complexity index is 505. The smallest absolute Gasteiger partial charge is 0.222 e. The fourth-order valence-corrected chi connectivity index (χ4v) is 3.91. The van der Waals surface area contributed by atoms with Gasteiger partial charge in [-0.25, -0.2) is 0 Å². The minimum atomic E-state index is -0.208.